The van der Waals surface area contributed by atoms with E-state index in [1.165, 1.54) is 6.92 Å². The van der Waals surface area contributed by atoms with Gasteiger partial charge in [0.2, 0.25) is 0 Å². The maximum Gasteiger partial charge on any atom is 0.166 e. The third-order valence-electron chi connectivity index (χ3n) is 3.08. The fraction of sp³-hybridized carbons (Fsp3) is 0.200. The summed E-state index contributed by atoms with van der Waals surface area (Å²) in [6.07, 6.45) is 0. The second-order valence-electron chi connectivity index (χ2n) is 4.58. The molecule has 19 heavy (non-hydrogen) atoms. The molecule has 0 radical (unpaired) electrons. The van der Waals surface area contributed by atoms with Crippen molar-refractivity contribution in [2.75, 3.05) is 0 Å². The summed E-state index contributed by atoms with van der Waals surface area (Å²) >= 11 is 6.10. The van der Waals surface area contributed by atoms with Gasteiger partial charge in [-0.05, 0) is 36.6 Å². The lowest BCUT2D eigenvalue weighted by Gasteiger charge is -2.11. The summed E-state index contributed by atoms with van der Waals surface area (Å²) < 4.78 is 27.5. The zero-order chi connectivity index (χ0) is 14.2. The van der Waals surface area contributed by atoms with Crippen LogP contribution in [-0.4, -0.2) is 0 Å². The molecule has 0 aromatic heterocycles. The van der Waals surface area contributed by atoms with E-state index in [0.29, 0.717) is 10.6 Å². The third-order valence-corrected chi connectivity index (χ3v) is 3.40. The fourth-order valence-electron chi connectivity index (χ4n) is 1.93. The molecule has 1 nitrogen and oxygen atoms in total. The minimum atomic E-state index is -0.857. The first-order valence-electron chi connectivity index (χ1n) is 5.92. The smallest absolute Gasteiger partial charge is 0.166 e. The van der Waals surface area contributed by atoms with Crippen LogP contribution in [0.1, 0.15) is 24.1 Å². The number of hydrogen-bond acceptors (Lipinski definition) is 1. The van der Waals surface area contributed by atoms with E-state index in [9.17, 15) is 8.78 Å². The lowest BCUT2D eigenvalue weighted by Crippen LogP contribution is -2.05. The Morgan fingerprint density at radius 2 is 1.79 bits per heavy atom. The molecule has 1 unspecified atom stereocenters. The zero-order valence-corrected chi connectivity index (χ0v) is 11.4. The predicted molar refractivity (Wildman–Crippen MR) is 74.1 cm³/mol. The first-order chi connectivity index (χ1) is 8.91. The van der Waals surface area contributed by atoms with Crippen molar-refractivity contribution in [3.63, 3.8) is 0 Å². The first-order valence-corrected chi connectivity index (χ1v) is 6.29. The highest BCUT2D eigenvalue weighted by Gasteiger charge is 2.14. The Bertz CT molecular complexity index is 624. The van der Waals surface area contributed by atoms with Crippen molar-refractivity contribution in [3.8, 4) is 11.1 Å². The van der Waals surface area contributed by atoms with Gasteiger partial charge in [0.05, 0.1) is 0 Å². The molecule has 0 spiro atoms. The molecule has 0 saturated carbocycles. The van der Waals surface area contributed by atoms with Gasteiger partial charge >= 0.3 is 0 Å². The maximum atomic E-state index is 13.9. The Labute approximate surface area is 116 Å². The van der Waals surface area contributed by atoms with Gasteiger partial charge in [-0.3, -0.25) is 0 Å². The highest BCUT2D eigenvalue weighted by molar-refractivity contribution is 6.31. The van der Waals surface area contributed by atoms with Gasteiger partial charge in [0.25, 0.3) is 0 Å². The van der Waals surface area contributed by atoms with E-state index in [4.69, 9.17) is 17.3 Å². The van der Waals surface area contributed by atoms with Gasteiger partial charge in [-0.25, -0.2) is 8.78 Å². The minimum Gasteiger partial charge on any atom is -0.324 e. The van der Waals surface area contributed by atoms with Crippen LogP contribution in [-0.2, 0) is 0 Å². The Morgan fingerprint density at radius 3 is 2.37 bits per heavy atom. The van der Waals surface area contributed by atoms with Crippen LogP contribution < -0.4 is 5.73 Å². The molecular weight excluding hydrogens is 268 g/mol. The van der Waals surface area contributed by atoms with E-state index >= 15 is 0 Å². The summed E-state index contributed by atoms with van der Waals surface area (Å²) in [5, 5.41) is 0.452. The lowest BCUT2D eigenvalue weighted by molar-refractivity contribution is 0.505. The number of halogens is 3. The van der Waals surface area contributed by atoms with Crippen molar-refractivity contribution in [3.05, 3.63) is 58.1 Å². The summed E-state index contributed by atoms with van der Waals surface area (Å²) in [4.78, 5) is 0. The molecule has 0 bridgehead atoms. The molecular formula is C15H14ClF2N. The van der Waals surface area contributed by atoms with Crippen LogP contribution in [0.15, 0.2) is 30.3 Å². The molecule has 0 aliphatic heterocycles. The average Bonchev–Trinajstić information content (AvgIpc) is 2.35. The van der Waals surface area contributed by atoms with Gasteiger partial charge < -0.3 is 5.73 Å². The van der Waals surface area contributed by atoms with Crippen LogP contribution in [0, 0.1) is 18.6 Å². The molecule has 0 fully saturated rings. The summed E-state index contributed by atoms with van der Waals surface area (Å²) in [6.45, 7) is 3.33. The Morgan fingerprint density at radius 1 is 1.11 bits per heavy atom. The van der Waals surface area contributed by atoms with E-state index < -0.39 is 11.6 Å². The number of benzene rings is 2. The van der Waals surface area contributed by atoms with E-state index in [2.05, 4.69) is 0 Å². The summed E-state index contributed by atoms with van der Waals surface area (Å²) in [6, 6.07) is 7.91. The van der Waals surface area contributed by atoms with Crippen LogP contribution in [0.2, 0.25) is 5.02 Å². The van der Waals surface area contributed by atoms with E-state index in [1.807, 2.05) is 6.92 Å². The van der Waals surface area contributed by atoms with Crippen molar-refractivity contribution < 1.29 is 8.78 Å². The second-order valence-corrected chi connectivity index (χ2v) is 4.99. The van der Waals surface area contributed by atoms with Gasteiger partial charge in [0.15, 0.2) is 11.6 Å². The molecule has 2 aromatic rings. The van der Waals surface area contributed by atoms with Crippen molar-refractivity contribution in [2.45, 2.75) is 19.9 Å². The lowest BCUT2D eigenvalue weighted by atomic mass is 10.00. The number of hydrogen-bond donors (Lipinski definition) is 1. The van der Waals surface area contributed by atoms with Crippen LogP contribution in [0.25, 0.3) is 11.1 Å². The van der Waals surface area contributed by atoms with Crippen molar-refractivity contribution in [2.24, 2.45) is 5.73 Å². The second kappa shape index (κ2) is 5.27. The predicted octanol–water partition coefficient (Wildman–Crippen LogP) is 4.61. The fourth-order valence-corrected chi connectivity index (χ4v) is 2.29. The largest absolute Gasteiger partial charge is 0.324 e. The highest BCUT2D eigenvalue weighted by atomic mass is 35.5. The first kappa shape index (κ1) is 14.0. The summed E-state index contributed by atoms with van der Waals surface area (Å²) in [7, 11) is 0. The Hall–Kier alpha value is -1.45. The molecule has 100 valence electrons. The zero-order valence-electron chi connectivity index (χ0n) is 10.7. The summed E-state index contributed by atoms with van der Waals surface area (Å²) in [5.41, 5.74) is 7.54. The monoisotopic (exact) mass is 281 g/mol. The number of rotatable bonds is 2. The Balaban J connectivity index is 2.55. The molecule has 0 saturated heterocycles. The van der Waals surface area contributed by atoms with Gasteiger partial charge in [0.1, 0.15) is 0 Å². The molecule has 4 heteroatoms. The molecule has 2 N–H and O–H groups in total. The van der Waals surface area contributed by atoms with E-state index in [0.717, 1.165) is 5.56 Å². The molecule has 0 aliphatic carbocycles. The molecule has 2 rings (SSSR count). The summed E-state index contributed by atoms with van der Waals surface area (Å²) in [5.74, 6) is -1.69. The average molecular weight is 282 g/mol. The maximum absolute atomic E-state index is 13.9. The van der Waals surface area contributed by atoms with Gasteiger partial charge in [-0.1, -0.05) is 35.9 Å². The Kier molecular flexibility index (Phi) is 3.88. The normalized spacial score (nSPS) is 12.5. The standard InChI is InChI=1S/C15H14ClF2N/c1-8-3-5-12(15(18)14(8)17)10-4-6-11(9(2)19)13(16)7-10/h3-7,9H,19H2,1-2H3. The number of nitrogens with two attached hydrogens (primary N) is 1. The third kappa shape index (κ3) is 2.62. The van der Waals surface area contributed by atoms with E-state index in [-0.39, 0.29) is 17.2 Å². The number of aryl methyl sites for hydroxylation is 1. The van der Waals surface area contributed by atoms with E-state index in [1.54, 1.807) is 30.3 Å². The van der Waals surface area contributed by atoms with Gasteiger partial charge in [0, 0.05) is 16.6 Å². The molecule has 0 aliphatic rings. The minimum absolute atomic E-state index is 0.196. The highest BCUT2D eigenvalue weighted by Crippen LogP contribution is 2.31. The quantitative estimate of drug-likeness (QED) is 0.854. The van der Waals surface area contributed by atoms with Crippen molar-refractivity contribution in [1.29, 1.82) is 0 Å². The van der Waals surface area contributed by atoms with Crippen LogP contribution in [0.3, 0.4) is 0 Å². The van der Waals surface area contributed by atoms with Crippen molar-refractivity contribution in [1.82, 2.24) is 0 Å². The molecule has 1 atom stereocenters. The van der Waals surface area contributed by atoms with Gasteiger partial charge in [-0.15, -0.1) is 0 Å². The molecule has 2 aromatic carbocycles. The van der Waals surface area contributed by atoms with Crippen molar-refractivity contribution >= 4 is 11.6 Å². The molecule has 0 amide bonds. The van der Waals surface area contributed by atoms with Gasteiger partial charge in [-0.2, -0.15) is 0 Å². The SMILES string of the molecule is Cc1ccc(-c2ccc(C(C)N)c(Cl)c2)c(F)c1F. The van der Waals surface area contributed by atoms with Crippen LogP contribution in [0.5, 0.6) is 0 Å². The van der Waals surface area contributed by atoms with Crippen LogP contribution in [0.4, 0.5) is 8.78 Å². The topological polar surface area (TPSA) is 26.0 Å². The van der Waals surface area contributed by atoms with Crippen LogP contribution >= 0.6 is 11.6 Å². The molecule has 0 heterocycles.